The minimum Gasteiger partial charge on any atom is -0.351 e. The number of carbonyl (C=O) groups is 1. The van der Waals surface area contributed by atoms with E-state index in [-0.39, 0.29) is 30.2 Å². The molecule has 0 saturated carbocycles. The maximum Gasteiger partial charge on any atom is 0.230 e. The van der Waals surface area contributed by atoms with Crippen molar-refractivity contribution in [2.24, 2.45) is 0 Å². The molecule has 2 rings (SSSR count). The Bertz CT molecular complexity index is 459. The molecule has 1 aliphatic rings. The van der Waals surface area contributed by atoms with Crippen LogP contribution in [-0.4, -0.2) is 25.0 Å². The Morgan fingerprint density at radius 2 is 2.20 bits per heavy atom. The number of carbonyl (C=O) groups excluding carboxylic acids is 1. The predicted molar refractivity (Wildman–Crippen MR) is 80.7 cm³/mol. The highest BCUT2D eigenvalue weighted by Crippen LogP contribution is 2.24. The van der Waals surface area contributed by atoms with E-state index >= 15 is 0 Å². The van der Waals surface area contributed by atoms with Gasteiger partial charge < -0.3 is 10.6 Å². The Kier molecular flexibility index (Phi) is 5.96. The smallest absolute Gasteiger partial charge is 0.230 e. The summed E-state index contributed by atoms with van der Waals surface area (Å²) in [4.78, 5) is 12.4. The van der Waals surface area contributed by atoms with Crippen LogP contribution < -0.4 is 10.6 Å². The molecule has 1 aliphatic heterocycles. The highest BCUT2D eigenvalue weighted by Gasteiger charge is 2.31. The third-order valence-corrected chi connectivity index (χ3v) is 3.75. The lowest BCUT2D eigenvalue weighted by molar-refractivity contribution is -0.126. The number of nitrogens with one attached hydrogen (secondary N) is 2. The van der Waals surface area contributed by atoms with Crippen molar-refractivity contribution in [2.75, 3.05) is 13.1 Å². The van der Waals surface area contributed by atoms with E-state index in [0.29, 0.717) is 5.56 Å². The molecule has 1 fully saturated rings. The average Bonchev–Trinajstić information content (AvgIpc) is 2.40. The van der Waals surface area contributed by atoms with Crippen LogP contribution >= 0.6 is 12.4 Å². The van der Waals surface area contributed by atoms with Gasteiger partial charge in [-0.05, 0) is 50.9 Å². The fraction of sp³-hybridized carbons (Fsp3) is 0.533. The fourth-order valence-electron chi connectivity index (χ4n) is 2.35. The Hall–Kier alpha value is -1.13. The second-order valence-corrected chi connectivity index (χ2v) is 5.65. The summed E-state index contributed by atoms with van der Waals surface area (Å²) >= 11 is 0. The molecule has 0 spiro atoms. The molecule has 0 bridgehead atoms. The number of hydrogen-bond acceptors (Lipinski definition) is 2. The van der Waals surface area contributed by atoms with Gasteiger partial charge in [0.2, 0.25) is 5.91 Å². The van der Waals surface area contributed by atoms with Gasteiger partial charge in [0, 0.05) is 12.6 Å². The minimum absolute atomic E-state index is 0. The van der Waals surface area contributed by atoms with Crippen LogP contribution in [0.2, 0.25) is 0 Å². The molecular weight excluding hydrogens is 279 g/mol. The summed E-state index contributed by atoms with van der Waals surface area (Å²) in [6.07, 6.45) is 2.07. The van der Waals surface area contributed by atoms with E-state index in [4.69, 9.17) is 0 Å². The molecule has 0 unspecified atom stereocenters. The normalized spacial score (nSPS) is 19.1. The topological polar surface area (TPSA) is 41.1 Å². The summed E-state index contributed by atoms with van der Waals surface area (Å²) in [5.41, 5.74) is -0.0201. The van der Waals surface area contributed by atoms with Gasteiger partial charge in [0.1, 0.15) is 5.82 Å². The lowest BCUT2D eigenvalue weighted by atomic mass is 9.83. The van der Waals surface area contributed by atoms with Crippen LogP contribution in [0.5, 0.6) is 0 Å². The molecular formula is C15H22ClFN2O. The number of piperidine rings is 1. The van der Waals surface area contributed by atoms with Crippen LogP contribution in [0.25, 0.3) is 0 Å². The molecule has 3 nitrogen and oxygen atoms in total. The zero-order valence-electron chi connectivity index (χ0n) is 11.9. The van der Waals surface area contributed by atoms with Gasteiger partial charge >= 0.3 is 0 Å². The van der Waals surface area contributed by atoms with Crippen molar-refractivity contribution in [2.45, 2.75) is 38.1 Å². The highest BCUT2D eigenvalue weighted by atomic mass is 35.5. The first-order valence-electron chi connectivity index (χ1n) is 6.78. The quantitative estimate of drug-likeness (QED) is 0.900. The second-order valence-electron chi connectivity index (χ2n) is 5.65. The maximum atomic E-state index is 13.3. The molecule has 112 valence electrons. The molecule has 1 atom stereocenters. The van der Waals surface area contributed by atoms with Gasteiger partial charge in [-0.25, -0.2) is 4.39 Å². The van der Waals surface area contributed by atoms with Crippen LogP contribution in [-0.2, 0) is 10.2 Å². The molecule has 0 radical (unpaired) electrons. The highest BCUT2D eigenvalue weighted by molar-refractivity contribution is 5.87. The average molecular weight is 301 g/mol. The second kappa shape index (κ2) is 7.04. The van der Waals surface area contributed by atoms with Gasteiger partial charge in [0.15, 0.2) is 0 Å². The van der Waals surface area contributed by atoms with Crippen molar-refractivity contribution in [1.82, 2.24) is 10.6 Å². The molecule has 20 heavy (non-hydrogen) atoms. The third kappa shape index (κ3) is 3.93. The predicted octanol–water partition coefficient (Wildman–Crippen LogP) is 2.39. The number of rotatable bonds is 3. The molecule has 1 aromatic carbocycles. The molecule has 2 N–H and O–H groups in total. The van der Waals surface area contributed by atoms with Crippen LogP contribution in [0, 0.1) is 5.82 Å². The van der Waals surface area contributed by atoms with Gasteiger partial charge in [-0.3, -0.25) is 4.79 Å². The number of amides is 1. The van der Waals surface area contributed by atoms with E-state index in [2.05, 4.69) is 10.6 Å². The van der Waals surface area contributed by atoms with Crippen LogP contribution in [0.1, 0.15) is 32.3 Å². The maximum absolute atomic E-state index is 13.3. The first-order valence-corrected chi connectivity index (χ1v) is 6.78. The minimum atomic E-state index is -0.723. The van der Waals surface area contributed by atoms with E-state index in [9.17, 15) is 9.18 Å². The summed E-state index contributed by atoms with van der Waals surface area (Å²) in [5, 5.41) is 6.32. The molecule has 1 aromatic rings. The van der Waals surface area contributed by atoms with Crippen molar-refractivity contribution < 1.29 is 9.18 Å². The third-order valence-electron chi connectivity index (χ3n) is 3.75. The molecule has 1 saturated heterocycles. The standard InChI is InChI=1S/C15H21FN2O.ClH/c1-15(2,11-5-3-6-12(16)9-11)14(19)18-13-7-4-8-17-10-13;/h3,5-6,9,13,17H,4,7-8,10H2,1-2H3,(H,18,19);1H/t13-;/m0./s1. The van der Waals surface area contributed by atoms with E-state index < -0.39 is 5.41 Å². The summed E-state index contributed by atoms with van der Waals surface area (Å²) < 4.78 is 13.3. The van der Waals surface area contributed by atoms with Crippen LogP contribution in [0.4, 0.5) is 4.39 Å². The van der Waals surface area contributed by atoms with Crippen LogP contribution in [0.3, 0.4) is 0 Å². The van der Waals surface area contributed by atoms with Crippen molar-refractivity contribution in [3.05, 3.63) is 35.6 Å². The van der Waals surface area contributed by atoms with E-state index in [0.717, 1.165) is 25.9 Å². The van der Waals surface area contributed by atoms with Crippen molar-refractivity contribution in [1.29, 1.82) is 0 Å². The monoisotopic (exact) mass is 300 g/mol. The summed E-state index contributed by atoms with van der Waals surface area (Å²) in [7, 11) is 0. The van der Waals surface area contributed by atoms with Crippen molar-refractivity contribution in [3.8, 4) is 0 Å². The van der Waals surface area contributed by atoms with Gasteiger partial charge in [-0.1, -0.05) is 12.1 Å². The van der Waals surface area contributed by atoms with Gasteiger partial charge in [-0.2, -0.15) is 0 Å². The van der Waals surface area contributed by atoms with E-state index in [1.54, 1.807) is 12.1 Å². The molecule has 1 heterocycles. The summed E-state index contributed by atoms with van der Waals surface area (Å²) in [6.45, 7) is 5.48. The SMILES string of the molecule is CC(C)(C(=O)N[C@H]1CCCNC1)c1cccc(F)c1.Cl. The molecule has 1 amide bonds. The van der Waals surface area contributed by atoms with E-state index in [1.807, 2.05) is 13.8 Å². The van der Waals surface area contributed by atoms with Gasteiger partial charge in [0.25, 0.3) is 0 Å². The van der Waals surface area contributed by atoms with Crippen molar-refractivity contribution >= 4 is 18.3 Å². The Morgan fingerprint density at radius 3 is 2.80 bits per heavy atom. The van der Waals surface area contributed by atoms with Crippen LogP contribution in [0.15, 0.2) is 24.3 Å². The first kappa shape index (κ1) is 16.9. The summed E-state index contributed by atoms with van der Waals surface area (Å²) in [6, 6.07) is 6.43. The first-order chi connectivity index (χ1) is 9.00. The van der Waals surface area contributed by atoms with Gasteiger partial charge in [0.05, 0.1) is 5.41 Å². The molecule has 0 aromatic heterocycles. The number of halogens is 2. The Labute approximate surface area is 125 Å². The largest absolute Gasteiger partial charge is 0.351 e. The Morgan fingerprint density at radius 1 is 1.45 bits per heavy atom. The number of benzene rings is 1. The fourth-order valence-corrected chi connectivity index (χ4v) is 2.35. The molecule has 0 aliphatic carbocycles. The van der Waals surface area contributed by atoms with Crippen molar-refractivity contribution in [3.63, 3.8) is 0 Å². The zero-order chi connectivity index (χ0) is 13.9. The molecule has 5 heteroatoms. The zero-order valence-corrected chi connectivity index (χ0v) is 12.7. The summed E-state index contributed by atoms with van der Waals surface area (Å²) in [5.74, 6) is -0.357. The van der Waals surface area contributed by atoms with E-state index in [1.165, 1.54) is 12.1 Å². The lowest BCUT2D eigenvalue weighted by Gasteiger charge is -2.30. The number of hydrogen-bond donors (Lipinski definition) is 2. The Balaban J connectivity index is 0.00000200. The van der Waals surface area contributed by atoms with Gasteiger partial charge in [-0.15, -0.1) is 12.4 Å². The lowest BCUT2D eigenvalue weighted by Crippen LogP contribution is -2.50.